The smallest absolute Gasteiger partial charge is 0.237 e. The molecule has 1 amide bonds. The van der Waals surface area contributed by atoms with Crippen molar-refractivity contribution in [2.45, 2.75) is 11.7 Å². The molecule has 0 spiro atoms. The van der Waals surface area contributed by atoms with Crippen LogP contribution in [0.1, 0.15) is 5.56 Å². The normalized spacial score (nSPS) is 11.9. The van der Waals surface area contributed by atoms with Crippen LogP contribution in [0.15, 0.2) is 48.5 Å². The summed E-state index contributed by atoms with van der Waals surface area (Å²) >= 11 is 9.87. The summed E-state index contributed by atoms with van der Waals surface area (Å²) in [4.78, 5) is 12.0. The maximum Gasteiger partial charge on any atom is 0.237 e. The number of halogens is 2. The molecule has 1 atom stereocenters. The quantitative estimate of drug-likeness (QED) is 0.823. The van der Waals surface area contributed by atoms with Gasteiger partial charge in [0.2, 0.25) is 5.91 Å². The topological polar surface area (TPSA) is 29.1 Å². The summed E-state index contributed by atoms with van der Waals surface area (Å²) in [6.07, 6.45) is 0.506. The minimum atomic E-state index is -0.566. The summed E-state index contributed by atoms with van der Waals surface area (Å²) in [6, 6.07) is 13.7. The molecule has 0 heterocycles. The first kappa shape index (κ1) is 14.9. The predicted octanol–water partition coefficient (Wildman–Crippen LogP) is 3.96. The van der Waals surface area contributed by atoms with Gasteiger partial charge in [-0.3, -0.25) is 4.79 Å². The van der Waals surface area contributed by atoms with E-state index in [0.29, 0.717) is 12.1 Å². The molecule has 2 rings (SSSR count). The highest BCUT2D eigenvalue weighted by molar-refractivity contribution is 7.81. The van der Waals surface area contributed by atoms with Crippen molar-refractivity contribution in [3.63, 3.8) is 0 Å². The Morgan fingerprint density at radius 1 is 1.25 bits per heavy atom. The number of thiol groups is 1. The molecule has 20 heavy (non-hydrogen) atoms. The van der Waals surface area contributed by atoms with Crippen LogP contribution in [-0.2, 0) is 11.2 Å². The van der Waals surface area contributed by atoms with Gasteiger partial charge in [-0.1, -0.05) is 41.9 Å². The highest BCUT2D eigenvalue weighted by Gasteiger charge is 2.15. The molecule has 0 saturated carbocycles. The van der Waals surface area contributed by atoms with Gasteiger partial charge in [-0.2, -0.15) is 12.6 Å². The minimum absolute atomic E-state index is 0.0229. The molecule has 0 fully saturated rings. The number of amides is 1. The first-order valence-corrected chi connectivity index (χ1v) is 6.93. The van der Waals surface area contributed by atoms with Crippen LogP contribution in [0.4, 0.5) is 10.1 Å². The van der Waals surface area contributed by atoms with Gasteiger partial charge in [0.25, 0.3) is 0 Å². The van der Waals surface area contributed by atoms with Crippen molar-refractivity contribution in [1.29, 1.82) is 0 Å². The van der Waals surface area contributed by atoms with Gasteiger partial charge in [0, 0.05) is 5.69 Å². The fourth-order valence-corrected chi connectivity index (χ4v) is 2.12. The molecule has 2 nitrogen and oxygen atoms in total. The number of carbonyl (C=O) groups excluding carboxylic acids is 1. The first-order chi connectivity index (χ1) is 9.56. The fraction of sp³-hybridized carbons (Fsp3) is 0.133. The Morgan fingerprint density at radius 2 is 1.95 bits per heavy atom. The highest BCUT2D eigenvalue weighted by Crippen LogP contribution is 2.19. The maximum absolute atomic E-state index is 13.3. The molecule has 1 N–H and O–H groups in total. The fourth-order valence-electron chi connectivity index (χ4n) is 1.73. The molecule has 1 unspecified atom stereocenters. The number of nitrogens with one attached hydrogen (secondary N) is 1. The summed E-state index contributed by atoms with van der Waals surface area (Å²) in [5.74, 6) is -0.845. The van der Waals surface area contributed by atoms with Crippen LogP contribution in [0.3, 0.4) is 0 Å². The summed E-state index contributed by atoms with van der Waals surface area (Å²) in [6.45, 7) is 0. The van der Waals surface area contributed by atoms with Crippen molar-refractivity contribution in [2.24, 2.45) is 0 Å². The SMILES string of the molecule is O=C(Nc1ccc(Cl)c(F)c1)C(S)Cc1ccccc1. The largest absolute Gasteiger partial charge is 0.325 e. The number of benzene rings is 2. The number of hydrogen-bond donors (Lipinski definition) is 2. The summed E-state index contributed by atoms with van der Waals surface area (Å²) in [5.41, 5.74) is 1.38. The van der Waals surface area contributed by atoms with Gasteiger partial charge in [-0.05, 0) is 30.2 Å². The molecule has 5 heteroatoms. The number of carbonyl (C=O) groups is 1. The molecular weight excluding hydrogens is 297 g/mol. The van der Waals surface area contributed by atoms with E-state index in [4.69, 9.17) is 11.6 Å². The Hall–Kier alpha value is -1.52. The van der Waals surface area contributed by atoms with E-state index in [1.807, 2.05) is 30.3 Å². The lowest BCUT2D eigenvalue weighted by Gasteiger charge is -2.12. The van der Waals surface area contributed by atoms with Crippen LogP contribution in [0.25, 0.3) is 0 Å². The molecule has 0 aliphatic heterocycles. The zero-order chi connectivity index (χ0) is 14.5. The highest BCUT2D eigenvalue weighted by atomic mass is 35.5. The van der Waals surface area contributed by atoms with Crippen molar-refractivity contribution < 1.29 is 9.18 Å². The summed E-state index contributed by atoms with van der Waals surface area (Å²) < 4.78 is 13.3. The lowest BCUT2D eigenvalue weighted by molar-refractivity contribution is -0.115. The van der Waals surface area contributed by atoms with E-state index in [0.717, 1.165) is 5.56 Å². The standard InChI is InChI=1S/C15H13ClFNOS/c16-12-7-6-11(9-13(12)17)18-15(19)14(20)8-10-4-2-1-3-5-10/h1-7,9,14,20H,8H2,(H,18,19). The molecule has 104 valence electrons. The van der Waals surface area contributed by atoms with E-state index in [-0.39, 0.29) is 10.9 Å². The molecule has 2 aromatic rings. The number of rotatable bonds is 4. The zero-order valence-corrected chi connectivity index (χ0v) is 12.2. The molecule has 0 radical (unpaired) electrons. The lowest BCUT2D eigenvalue weighted by atomic mass is 10.1. The Balaban J connectivity index is 1.99. The van der Waals surface area contributed by atoms with Crippen LogP contribution >= 0.6 is 24.2 Å². The van der Waals surface area contributed by atoms with Gasteiger partial charge in [0.15, 0.2) is 0 Å². The van der Waals surface area contributed by atoms with Gasteiger partial charge in [0.1, 0.15) is 5.82 Å². The molecule has 0 aliphatic rings. The second-order valence-corrected chi connectivity index (χ2v) is 5.35. The van der Waals surface area contributed by atoms with E-state index in [2.05, 4.69) is 17.9 Å². The monoisotopic (exact) mass is 309 g/mol. The third kappa shape index (κ3) is 3.99. The van der Waals surface area contributed by atoms with Gasteiger partial charge in [-0.15, -0.1) is 0 Å². The zero-order valence-electron chi connectivity index (χ0n) is 10.5. The van der Waals surface area contributed by atoms with Crippen LogP contribution in [0.2, 0.25) is 5.02 Å². The minimum Gasteiger partial charge on any atom is -0.325 e. The van der Waals surface area contributed by atoms with Crippen molar-refractivity contribution >= 4 is 35.8 Å². The van der Waals surface area contributed by atoms with Gasteiger partial charge in [-0.25, -0.2) is 4.39 Å². The Labute approximate surface area is 127 Å². The van der Waals surface area contributed by atoms with Crippen molar-refractivity contribution in [3.8, 4) is 0 Å². The van der Waals surface area contributed by atoms with E-state index in [1.54, 1.807) is 6.07 Å². The Kier molecular flexibility index (Phi) is 5.04. The van der Waals surface area contributed by atoms with Crippen molar-refractivity contribution in [1.82, 2.24) is 0 Å². The molecular formula is C15H13ClFNOS. The van der Waals surface area contributed by atoms with Crippen LogP contribution < -0.4 is 5.32 Å². The van der Waals surface area contributed by atoms with Crippen LogP contribution in [0.5, 0.6) is 0 Å². The van der Waals surface area contributed by atoms with E-state index in [9.17, 15) is 9.18 Å². The van der Waals surface area contributed by atoms with Crippen molar-refractivity contribution in [2.75, 3.05) is 5.32 Å². The van der Waals surface area contributed by atoms with E-state index < -0.39 is 11.1 Å². The second-order valence-electron chi connectivity index (χ2n) is 4.32. The average molecular weight is 310 g/mol. The third-order valence-corrected chi connectivity index (χ3v) is 3.49. The van der Waals surface area contributed by atoms with Crippen LogP contribution in [0, 0.1) is 5.82 Å². The van der Waals surface area contributed by atoms with Gasteiger partial charge >= 0.3 is 0 Å². The Bertz CT molecular complexity index is 606. The second kappa shape index (κ2) is 6.77. The Morgan fingerprint density at radius 3 is 2.60 bits per heavy atom. The molecule has 0 aromatic heterocycles. The van der Waals surface area contributed by atoms with Crippen LogP contribution in [-0.4, -0.2) is 11.2 Å². The summed E-state index contributed by atoms with van der Waals surface area (Å²) in [5, 5.41) is 2.14. The predicted molar refractivity (Wildman–Crippen MR) is 83.0 cm³/mol. The van der Waals surface area contributed by atoms with E-state index >= 15 is 0 Å². The average Bonchev–Trinajstić information content (AvgIpc) is 2.44. The summed E-state index contributed by atoms with van der Waals surface area (Å²) in [7, 11) is 0. The molecule has 0 aliphatic carbocycles. The third-order valence-electron chi connectivity index (χ3n) is 2.76. The molecule has 0 saturated heterocycles. The molecule has 2 aromatic carbocycles. The van der Waals surface area contributed by atoms with E-state index in [1.165, 1.54) is 12.1 Å². The van der Waals surface area contributed by atoms with Gasteiger partial charge in [0.05, 0.1) is 10.3 Å². The van der Waals surface area contributed by atoms with Gasteiger partial charge < -0.3 is 5.32 Å². The first-order valence-electron chi connectivity index (χ1n) is 6.04. The number of hydrogen-bond acceptors (Lipinski definition) is 2. The number of anilines is 1. The lowest BCUT2D eigenvalue weighted by Crippen LogP contribution is -2.25. The van der Waals surface area contributed by atoms with Crippen molar-refractivity contribution in [3.05, 3.63) is 64.9 Å². The molecule has 0 bridgehead atoms. The maximum atomic E-state index is 13.3.